The Kier molecular flexibility index (Phi) is 4.14. The molecule has 0 radical (unpaired) electrons. The summed E-state index contributed by atoms with van der Waals surface area (Å²) in [5.41, 5.74) is 3.22. The second kappa shape index (κ2) is 6.27. The Bertz CT molecular complexity index is 1030. The third kappa shape index (κ3) is 2.96. The van der Waals surface area contributed by atoms with Gasteiger partial charge in [0.1, 0.15) is 11.9 Å². The van der Waals surface area contributed by atoms with E-state index in [2.05, 4.69) is 0 Å². The zero-order chi connectivity index (χ0) is 19.3. The lowest BCUT2D eigenvalue weighted by Gasteiger charge is -2.34. The smallest absolute Gasteiger partial charge is 0.264 e. The zero-order valence-electron chi connectivity index (χ0n) is 15.6. The number of sulfonamides is 1. The van der Waals surface area contributed by atoms with E-state index in [1.54, 1.807) is 23.1 Å². The van der Waals surface area contributed by atoms with Crippen molar-refractivity contribution >= 4 is 27.3 Å². The van der Waals surface area contributed by atoms with Crippen molar-refractivity contribution in [2.45, 2.75) is 38.2 Å². The second-order valence-electron chi connectivity index (χ2n) is 7.15. The van der Waals surface area contributed by atoms with Crippen LogP contribution < -0.4 is 13.9 Å². The Morgan fingerprint density at radius 2 is 1.93 bits per heavy atom. The molecule has 1 amide bonds. The predicted molar refractivity (Wildman–Crippen MR) is 104 cm³/mol. The molecule has 0 N–H and O–H groups in total. The highest BCUT2D eigenvalue weighted by Crippen LogP contribution is 2.38. The van der Waals surface area contributed by atoms with Gasteiger partial charge in [-0.25, -0.2) is 8.42 Å². The van der Waals surface area contributed by atoms with Crippen LogP contribution in [0.5, 0.6) is 5.75 Å². The predicted octanol–water partition coefficient (Wildman–Crippen LogP) is 2.88. The fourth-order valence-electron chi connectivity index (χ4n) is 3.73. The number of aryl methyl sites for hydroxylation is 1. The minimum atomic E-state index is -3.73. The molecule has 0 aromatic heterocycles. The van der Waals surface area contributed by atoms with Crippen LogP contribution in [0.15, 0.2) is 41.3 Å². The molecule has 2 heterocycles. The summed E-state index contributed by atoms with van der Waals surface area (Å²) in [7, 11) is -3.73. The first kappa shape index (κ1) is 17.9. The Morgan fingerprint density at radius 3 is 2.67 bits per heavy atom. The monoisotopic (exact) mass is 386 g/mol. The van der Waals surface area contributed by atoms with Crippen molar-refractivity contribution in [1.82, 2.24) is 0 Å². The highest BCUT2D eigenvalue weighted by atomic mass is 32.2. The molecular weight excluding hydrogens is 364 g/mol. The molecule has 0 spiro atoms. The SMILES string of the molecule is CC(=O)N1CCc2cc(S(=O)(=O)N3CC(C)Oc4ccc(C)cc43)ccc21. The topological polar surface area (TPSA) is 66.9 Å². The standard InChI is InChI=1S/C20H22N2O4S/c1-13-4-7-20-19(10-13)22(12-14(2)26-20)27(24,25)17-5-6-18-16(11-17)8-9-21(18)15(3)23/h4-7,10-11,14H,8-9,12H2,1-3H3. The van der Waals surface area contributed by atoms with Crippen LogP contribution in [0.1, 0.15) is 25.0 Å². The maximum absolute atomic E-state index is 13.4. The number of nitrogens with zero attached hydrogens (tertiary/aromatic N) is 2. The molecule has 7 heteroatoms. The zero-order valence-corrected chi connectivity index (χ0v) is 16.4. The summed E-state index contributed by atoms with van der Waals surface area (Å²) in [6.45, 7) is 6.15. The maximum atomic E-state index is 13.4. The van der Waals surface area contributed by atoms with Crippen LogP contribution in [-0.4, -0.2) is 33.5 Å². The summed E-state index contributed by atoms with van der Waals surface area (Å²) < 4.78 is 34.1. The molecule has 0 fully saturated rings. The Balaban J connectivity index is 1.77. The first-order chi connectivity index (χ1) is 12.8. The molecule has 0 saturated carbocycles. The third-order valence-electron chi connectivity index (χ3n) is 5.05. The molecule has 6 nitrogen and oxygen atoms in total. The average Bonchev–Trinajstić information content (AvgIpc) is 3.04. The largest absolute Gasteiger partial charge is 0.487 e. The molecule has 27 heavy (non-hydrogen) atoms. The molecule has 2 aromatic rings. The first-order valence-electron chi connectivity index (χ1n) is 8.98. The van der Waals surface area contributed by atoms with Crippen LogP contribution in [0.25, 0.3) is 0 Å². The number of benzene rings is 2. The van der Waals surface area contributed by atoms with Crippen molar-refractivity contribution in [3.8, 4) is 5.75 Å². The van der Waals surface area contributed by atoms with E-state index in [1.807, 2.05) is 32.0 Å². The Hall–Kier alpha value is -2.54. The molecule has 0 aliphatic carbocycles. The van der Waals surface area contributed by atoms with Gasteiger partial charge in [-0.05, 0) is 61.7 Å². The second-order valence-corrected chi connectivity index (χ2v) is 9.01. The van der Waals surface area contributed by atoms with Gasteiger partial charge in [-0.1, -0.05) is 6.07 Å². The lowest BCUT2D eigenvalue weighted by atomic mass is 10.2. The number of anilines is 2. The van der Waals surface area contributed by atoms with Gasteiger partial charge in [0.25, 0.3) is 10.0 Å². The van der Waals surface area contributed by atoms with Crippen LogP contribution in [0.2, 0.25) is 0 Å². The van der Waals surface area contributed by atoms with E-state index >= 15 is 0 Å². The third-order valence-corrected chi connectivity index (χ3v) is 6.82. The Morgan fingerprint density at radius 1 is 1.15 bits per heavy atom. The molecule has 1 atom stereocenters. The van der Waals surface area contributed by atoms with Crippen molar-refractivity contribution in [3.63, 3.8) is 0 Å². The summed E-state index contributed by atoms with van der Waals surface area (Å²) in [6.07, 6.45) is 0.422. The lowest BCUT2D eigenvalue weighted by molar-refractivity contribution is -0.116. The van der Waals surface area contributed by atoms with E-state index in [9.17, 15) is 13.2 Å². The Labute approximate surface area is 159 Å². The van der Waals surface area contributed by atoms with E-state index in [1.165, 1.54) is 11.2 Å². The molecular formula is C20H22N2O4S. The first-order valence-corrected chi connectivity index (χ1v) is 10.4. The van der Waals surface area contributed by atoms with E-state index in [0.717, 1.165) is 16.8 Å². The van der Waals surface area contributed by atoms with Gasteiger partial charge in [-0.2, -0.15) is 0 Å². The minimum absolute atomic E-state index is 0.0317. The molecule has 1 unspecified atom stereocenters. The fourth-order valence-corrected chi connectivity index (χ4v) is 5.32. The van der Waals surface area contributed by atoms with Crippen LogP contribution in [0.4, 0.5) is 11.4 Å². The fraction of sp³-hybridized carbons (Fsp3) is 0.350. The molecule has 2 aliphatic rings. The molecule has 0 bridgehead atoms. The number of carbonyl (C=O) groups is 1. The minimum Gasteiger partial charge on any atom is -0.487 e. The van der Waals surface area contributed by atoms with E-state index in [4.69, 9.17) is 4.74 Å². The molecule has 2 aromatic carbocycles. The van der Waals surface area contributed by atoms with Crippen LogP contribution in [0, 0.1) is 6.92 Å². The summed E-state index contributed by atoms with van der Waals surface area (Å²) >= 11 is 0. The van der Waals surface area contributed by atoms with Gasteiger partial charge in [0.2, 0.25) is 5.91 Å². The summed E-state index contributed by atoms with van der Waals surface area (Å²) in [5, 5.41) is 0. The lowest BCUT2D eigenvalue weighted by Crippen LogP contribution is -2.42. The van der Waals surface area contributed by atoms with Crippen LogP contribution in [0.3, 0.4) is 0 Å². The quantitative estimate of drug-likeness (QED) is 0.796. The van der Waals surface area contributed by atoms with E-state index in [-0.39, 0.29) is 23.5 Å². The number of hydrogen-bond acceptors (Lipinski definition) is 4. The van der Waals surface area contributed by atoms with Gasteiger partial charge in [0, 0.05) is 19.2 Å². The van der Waals surface area contributed by atoms with Gasteiger partial charge in [-0.3, -0.25) is 9.10 Å². The summed E-state index contributed by atoms with van der Waals surface area (Å²) in [4.78, 5) is 13.7. The van der Waals surface area contributed by atoms with Crippen LogP contribution >= 0.6 is 0 Å². The van der Waals surface area contributed by atoms with Crippen molar-refractivity contribution < 1.29 is 17.9 Å². The molecule has 2 aliphatic heterocycles. The maximum Gasteiger partial charge on any atom is 0.264 e. The summed E-state index contributed by atoms with van der Waals surface area (Å²) in [5.74, 6) is 0.544. The van der Waals surface area contributed by atoms with Crippen molar-refractivity contribution in [2.75, 3.05) is 22.3 Å². The van der Waals surface area contributed by atoms with Gasteiger partial charge >= 0.3 is 0 Å². The number of hydrogen-bond donors (Lipinski definition) is 0. The van der Waals surface area contributed by atoms with E-state index < -0.39 is 10.0 Å². The van der Waals surface area contributed by atoms with Crippen molar-refractivity contribution in [3.05, 3.63) is 47.5 Å². The van der Waals surface area contributed by atoms with Gasteiger partial charge in [0.05, 0.1) is 17.1 Å². The summed E-state index contributed by atoms with van der Waals surface area (Å²) in [6, 6.07) is 10.6. The normalized spacial score (nSPS) is 18.7. The number of carbonyl (C=O) groups excluding carboxylic acids is 1. The molecule has 142 valence electrons. The van der Waals surface area contributed by atoms with Crippen molar-refractivity contribution in [1.29, 1.82) is 0 Å². The van der Waals surface area contributed by atoms with Gasteiger partial charge in [0.15, 0.2) is 0 Å². The van der Waals surface area contributed by atoms with Crippen molar-refractivity contribution in [2.24, 2.45) is 0 Å². The highest BCUT2D eigenvalue weighted by molar-refractivity contribution is 7.92. The molecule has 0 saturated heterocycles. The highest BCUT2D eigenvalue weighted by Gasteiger charge is 2.34. The van der Waals surface area contributed by atoms with Gasteiger partial charge in [-0.15, -0.1) is 0 Å². The number of amides is 1. The van der Waals surface area contributed by atoms with Crippen LogP contribution in [-0.2, 0) is 21.2 Å². The number of fused-ring (bicyclic) bond motifs is 2. The molecule has 4 rings (SSSR count). The van der Waals surface area contributed by atoms with E-state index in [0.29, 0.717) is 24.4 Å². The number of rotatable bonds is 2. The van der Waals surface area contributed by atoms with Gasteiger partial charge < -0.3 is 9.64 Å². The average molecular weight is 386 g/mol. The number of ether oxygens (including phenoxy) is 1.